The molecule has 0 saturated carbocycles. The Morgan fingerprint density at radius 3 is 2.46 bits per heavy atom. The highest BCUT2D eigenvalue weighted by Crippen LogP contribution is 2.35. The minimum atomic E-state index is -0.544. The number of benzene rings is 1. The molecule has 3 amide bonds. The van der Waals surface area contributed by atoms with Crippen molar-refractivity contribution in [2.24, 2.45) is 5.16 Å². The third-order valence-corrected chi connectivity index (χ3v) is 7.28. The molecule has 11 nitrogen and oxygen atoms in total. The van der Waals surface area contributed by atoms with Crippen LogP contribution in [0.25, 0.3) is 0 Å². The number of hydrogen-bond donors (Lipinski definition) is 2. The summed E-state index contributed by atoms with van der Waals surface area (Å²) < 4.78 is 5.15. The Morgan fingerprint density at radius 2 is 1.78 bits per heavy atom. The van der Waals surface area contributed by atoms with Crippen LogP contribution in [0, 0.1) is 0 Å². The predicted molar refractivity (Wildman–Crippen MR) is 140 cm³/mol. The summed E-state index contributed by atoms with van der Waals surface area (Å²) in [5.74, 6) is 1.24. The Morgan fingerprint density at radius 1 is 1.05 bits per heavy atom. The molecule has 0 atom stereocenters. The summed E-state index contributed by atoms with van der Waals surface area (Å²) in [4.78, 5) is 39.5. The number of pyridine rings is 1. The Bertz CT molecular complexity index is 1160. The summed E-state index contributed by atoms with van der Waals surface area (Å²) in [6, 6.07) is 10.7. The fraction of sp³-hybridized carbons (Fsp3) is 0.440. The van der Waals surface area contributed by atoms with E-state index in [0.717, 1.165) is 11.6 Å². The molecule has 196 valence electrons. The van der Waals surface area contributed by atoms with Crippen LogP contribution in [0.15, 0.2) is 47.8 Å². The number of nitrogens with zero attached hydrogens (tertiary/aromatic N) is 5. The quantitative estimate of drug-likeness (QED) is 0.615. The van der Waals surface area contributed by atoms with Crippen molar-refractivity contribution < 1.29 is 19.2 Å². The highest BCUT2D eigenvalue weighted by atomic mass is 35.5. The van der Waals surface area contributed by atoms with Crippen molar-refractivity contribution in [2.45, 2.75) is 24.9 Å². The summed E-state index contributed by atoms with van der Waals surface area (Å²) in [6.07, 6.45) is 3.36. The molecule has 3 aliphatic heterocycles. The number of ether oxygens (including phenoxy) is 1. The summed E-state index contributed by atoms with van der Waals surface area (Å²) >= 11 is 6.26. The summed E-state index contributed by atoms with van der Waals surface area (Å²) in [7, 11) is 1.60. The lowest BCUT2D eigenvalue weighted by Gasteiger charge is -2.37. The number of rotatable bonds is 5. The van der Waals surface area contributed by atoms with E-state index in [2.05, 4.69) is 25.8 Å². The topological polar surface area (TPSA) is 112 Å². The molecule has 2 saturated heterocycles. The lowest BCUT2D eigenvalue weighted by atomic mass is 9.87. The van der Waals surface area contributed by atoms with Crippen molar-refractivity contribution in [3.05, 3.63) is 47.6 Å². The fourth-order valence-electron chi connectivity index (χ4n) is 4.75. The Balaban J connectivity index is 1.06. The number of likely N-dealkylation sites (tertiary alicyclic amines) is 1. The van der Waals surface area contributed by atoms with Crippen LogP contribution in [0.1, 0.15) is 19.3 Å². The molecule has 12 heteroatoms. The van der Waals surface area contributed by atoms with Gasteiger partial charge in [-0.3, -0.25) is 10.2 Å². The smallest absolute Gasteiger partial charge is 0.321 e. The van der Waals surface area contributed by atoms with Gasteiger partial charge in [0.1, 0.15) is 22.9 Å². The van der Waals surface area contributed by atoms with Gasteiger partial charge in [-0.05, 0) is 36.4 Å². The van der Waals surface area contributed by atoms with Crippen molar-refractivity contribution >= 4 is 40.8 Å². The molecule has 4 heterocycles. The average molecular weight is 528 g/mol. The Hall–Kier alpha value is -3.57. The molecule has 0 bridgehead atoms. The summed E-state index contributed by atoms with van der Waals surface area (Å²) in [5.41, 5.74) is 3.49. The van der Waals surface area contributed by atoms with Crippen LogP contribution >= 0.6 is 11.6 Å². The van der Waals surface area contributed by atoms with E-state index >= 15 is 0 Å². The van der Waals surface area contributed by atoms with E-state index in [-0.39, 0.29) is 11.9 Å². The fourth-order valence-corrected chi connectivity index (χ4v) is 4.99. The number of carbonyl (C=O) groups excluding carboxylic acids is 2. The van der Waals surface area contributed by atoms with Gasteiger partial charge in [0.05, 0.1) is 12.1 Å². The number of anilines is 2. The van der Waals surface area contributed by atoms with Crippen molar-refractivity contribution in [3.63, 3.8) is 0 Å². The largest absolute Gasteiger partial charge is 0.497 e. The van der Waals surface area contributed by atoms with Gasteiger partial charge in [0.2, 0.25) is 0 Å². The second-order valence-corrected chi connectivity index (χ2v) is 9.77. The lowest BCUT2D eigenvalue weighted by molar-refractivity contribution is -0.119. The minimum absolute atomic E-state index is 0.164. The maximum atomic E-state index is 12.9. The third kappa shape index (κ3) is 5.72. The number of urea groups is 1. The maximum Gasteiger partial charge on any atom is 0.321 e. The highest BCUT2D eigenvalue weighted by Gasteiger charge is 2.44. The Labute approximate surface area is 220 Å². The first-order chi connectivity index (χ1) is 17.9. The van der Waals surface area contributed by atoms with E-state index in [1.165, 1.54) is 0 Å². The molecule has 1 spiro atoms. The number of hydrazine groups is 1. The molecule has 2 aromatic rings. The zero-order valence-electron chi connectivity index (χ0n) is 20.7. The van der Waals surface area contributed by atoms with Crippen LogP contribution in [-0.4, -0.2) is 84.5 Å². The lowest BCUT2D eigenvalue weighted by Crippen LogP contribution is -2.55. The number of aromatic nitrogens is 1. The predicted octanol–water partition coefficient (Wildman–Crippen LogP) is 2.74. The van der Waals surface area contributed by atoms with Crippen molar-refractivity contribution in [2.75, 3.05) is 56.6 Å². The van der Waals surface area contributed by atoms with Gasteiger partial charge in [-0.25, -0.2) is 14.8 Å². The average Bonchev–Trinajstić information content (AvgIpc) is 3.34. The molecule has 0 aliphatic carbocycles. The number of methoxy groups -OCH3 is 1. The van der Waals surface area contributed by atoms with Crippen molar-refractivity contribution in [1.29, 1.82) is 0 Å². The minimum Gasteiger partial charge on any atom is -0.497 e. The third-order valence-electron chi connectivity index (χ3n) is 6.98. The molecular formula is C25H30ClN7O4. The molecule has 5 rings (SSSR count). The molecular weight excluding hydrogens is 498 g/mol. The van der Waals surface area contributed by atoms with Gasteiger partial charge in [0, 0.05) is 70.4 Å². The van der Waals surface area contributed by atoms with E-state index in [0.29, 0.717) is 75.0 Å². The molecule has 2 fully saturated rings. The standard InChI is InChI=1S/C25H30ClN7O4/c1-36-19-6-4-18(5-7-19)28-24(35)32-11-8-25(9-12-32)17-21(30-37-25)23(34)29-33-15-13-31(14-16-33)22-20(26)3-2-10-27-22/h2-7,10H,8-9,11-17H2,1H3,(H,28,35)(H,29,34). The van der Waals surface area contributed by atoms with Crippen LogP contribution in [0.4, 0.5) is 16.3 Å². The molecule has 3 aliphatic rings. The Kier molecular flexibility index (Phi) is 7.33. The second kappa shape index (κ2) is 10.8. The van der Waals surface area contributed by atoms with Gasteiger partial charge < -0.3 is 24.7 Å². The van der Waals surface area contributed by atoms with E-state index in [1.807, 2.05) is 11.1 Å². The summed E-state index contributed by atoms with van der Waals surface area (Å²) in [6.45, 7) is 3.69. The first-order valence-electron chi connectivity index (χ1n) is 12.3. The highest BCUT2D eigenvalue weighted by molar-refractivity contribution is 6.39. The zero-order valence-corrected chi connectivity index (χ0v) is 21.4. The zero-order chi connectivity index (χ0) is 25.8. The summed E-state index contributed by atoms with van der Waals surface area (Å²) in [5, 5.41) is 9.53. The first-order valence-corrected chi connectivity index (χ1v) is 12.7. The SMILES string of the molecule is COc1ccc(NC(=O)N2CCC3(CC2)CC(C(=O)NN2CCN(c4ncccc4Cl)CC2)=NO3)cc1. The first kappa shape index (κ1) is 25.1. The van der Waals surface area contributed by atoms with Gasteiger partial charge in [0.15, 0.2) is 0 Å². The normalized spacial score (nSPS) is 19.2. The van der Waals surface area contributed by atoms with E-state index < -0.39 is 5.60 Å². The number of halogens is 1. The molecule has 1 aromatic carbocycles. The van der Waals surface area contributed by atoms with Crippen molar-refractivity contribution in [1.82, 2.24) is 20.3 Å². The molecule has 0 radical (unpaired) electrons. The number of hydrogen-bond acceptors (Lipinski definition) is 8. The van der Waals surface area contributed by atoms with Crippen molar-refractivity contribution in [3.8, 4) is 5.75 Å². The molecule has 2 N–H and O–H groups in total. The van der Waals surface area contributed by atoms with Gasteiger partial charge in [-0.2, -0.15) is 0 Å². The molecule has 37 heavy (non-hydrogen) atoms. The van der Waals surface area contributed by atoms with Crippen LogP contribution < -0.4 is 20.4 Å². The van der Waals surface area contributed by atoms with Gasteiger partial charge in [0.25, 0.3) is 5.91 Å². The van der Waals surface area contributed by atoms with E-state index in [1.54, 1.807) is 48.5 Å². The monoisotopic (exact) mass is 527 g/mol. The number of piperazine rings is 1. The van der Waals surface area contributed by atoms with E-state index in [4.69, 9.17) is 21.2 Å². The van der Waals surface area contributed by atoms with Crippen LogP contribution in [0.2, 0.25) is 5.02 Å². The van der Waals surface area contributed by atoms with Gasteiger partial charge in [-0.15, -0.1) is 0 Å². The second-order valence-electron chi connectivity index (χ2n) is 9.36. The number of piperidine rings is 1. The number of nitrogens with one attached hydrogen (secondary N) is 2. The number of amides is 3. The van der Waals surface area contributed by atoms with E-state index in [9.17, 15) is 9.59 Å². The van der Waals surface area contributed by atoms with Crippen LogP contribution in [0.5, 0.6) is 5.75 Å². The molecule has 0 unspecified atom stereocenters. The number of oxime groups is 1. The van der Waals surface area contributed by atoms with Gasteiger partial charge in [-0.1, -0.05) is 16.8 Å². The molecule has 1 aromatic heterocycles. The van der Waals surface area contributed by atoms with Gasteiger partial charge >= 0.3 is 6.03 Å². The maximum absolute atomic E-state index is 12.9. The number of carbonyl (C=O) groups is 2. The van der Waals surface area contributed by atoms with Crippen LogP contribution in [-0.2, 0) is 9.63 Å². The van der Waals surface area contributed by atoms with Crippen LogP contribution in [0.3, 0.4) is 0 Å².